The Morgan fingerprint density at radius 2 is 1.53 bits per heavy atom. The van der Waals surface area contributed by atoms with Crippen LogP contribution in [0.4, 0.5) is 5.69 Å². The molecule has 1 fully saturated rings. The summed E-state index contributed by atoms with van der Waals surface area (Å²) in [4.78, 5) is 14.9. The molecule has 1 aliphatic rings. The number of carbonyl (C=O) groups excluding carboxylic acids is 1. The standard InChI is InChI=1S/C22H29N3O6S/c1-29-19-15-17(16-20(30-2)22(19)31-3)23-21(26)9-10-24-11-13-25(14-12-24)32(27,28)18-7-5-4-6-8-18/h4-8,15-16H,9-14H2,1-3H3,(H,23,26). The number of nitrogens with one attached hydrogen (secondary N) is 1. The second-order valence-electron chi connectivity index (χ2n) is 7.27. The van der Waals surface area contributed by atoms with E-state index in [0.29, 0.717) is 60.6 Å². The first kappa shape index (κ1) is 23.8. The third-order valence-electron chi connectivity index (χ3n) is 5.32. The van der Waals surface area contributed by atoms with Crippen molar-refractivity contribution in [1.82, 2.24) is 9.21 Å². The molecule has 0 spiro atoms. The monoisotopic (exact) mass is 463 g/mol. The Morgan fingerprint density at radius 3 is 2.06 bits per heavy atom. The smallest absolute Gasteiger partial charge is 0.243 e. The number of piperazine rings is 1. The molecule has 2 aromatic rings. The predicted octanol–water partition coefficient (Wildman–Crippen LogP) is 2.05. The van der Waals surface area contributed by atoms with Crippen LogP contribution in [0.2, 0.25) is 0 Å². The molecule has 0 aliphatic carbocycles. The zero-order chi connectivity index (χ0) is 23.1. The van der Waals surface area contributed by atoms with Crippen LogP contribution in [0, 0.1) is 0 Å². The fourth-order valence-electron chi connectivity index (χ4n) is 3.57. The summed E-state index contributed by atoms with van der Waals surface area (Å²) in [6.07, 6.45) is 0.280. The summed E-state index contributed by atoms with van der Waals surface area (Å²) in [5, 5.41) is 2.85. The van der Waals surface area contributed by atoms with E-state index in [9.17, 15) is 13.2 Å². The Kier molecular flexibility index (Phi) is 7.94. The molecule has 10 heteroatoms. The number of hydrogen-bond donors (Lipinski definition) is 1. The number of methoxy groups -OCH3 is 3. The largest absolute Gasteiger partial charge is 0.493 e. The van der Waals surface area contributed by atoms with Crippen molar-refractivity contribution in [3.8, 4) is 17.2 Å². The molecule has 2 aromatic carbocycles. The number of ether oxygens (including phenoxy) is 3. The maximum atomic E-state index is 12.7. The molecule has 9 nitrogen and oxygen atoms in total. The highest BCUT2D eigenvalue weighted by molar-refractivity contribution is 7.89. The van der Waals surface area contributed by atoms with Gasteiger partial charge in [0.1, 0.15) is 0 Å². The van der Waals surface area contributed by atoms with E-state index in [4.69, 9.17) is 14.2 Å². The van der Waals surface area contributed by atoms with Crippen LogP contribution >= 0.6 is 0 Å². The number of sulfonamides is 1. The molecule has 0 saturated carbocycles. The van der Waals surface area contributed by atoms with E-state index >= 15 is 0 Å². The van der Waals surface area contributed by atoms with Gasteiger partial charge in [-0.2, -0.15) is 4.31 Å². The van der Waals surface area contributed by atoms with E-state index in [0.717, 1.165) is 0 Å². The average molecular weight is 464 g/mol. The Bertz CT molecular complexity index is 996. The van der Waals surface area contributed by atoms with Gasteiger partial charge in [-0.3, -0.25) is 4.79 Å². The van der Waals surface area contributed by atoms with Gasteiger partial charge in [0, 0.05) is 57.0 Å². The van der Waals surface area contributed by atoms with Crippen LogP contribution in [0.15, 0.2) is 47.4 Å². The minimum Gasteiger partial charge on any atom is -0.493 e. The fourth-order valence-corrected chi connectivity index (χ4v) is 5.01. The van der Waals surface area contributed by atoms with Gasteiger partial charge in [-0.25, -0.2) is 8.42 Å². The molecule has 1 saturated heterocycles. The maximum Gasteiger partial charge on any atom is 0.243 e. The zero-order valence-electron chi connectivity index (χ0n) is 18.5. The molecule has 174 valence electrons. The molecule has 1 N–H and O–H groups in total. The van der Waals surface area contributed by atoms with Crippen molar-refractivity contribution in [2.24, 2.45) is 0 Å². The van der Waals surface area contributed by atoms with E-state index < -0.39 is 10.0 Å². The van der Waals surface area contributed by atoms with Crippen LogP contribution in [-0.2, 0) is 14.8 Å². The summed E-state index contributed by atoms with van der Waals surface area (Å²) in [6, 6.07) is 11.8. The normalized spacial score (nSPS) is 15.2. The van der Waals surface area contributed by atoms with E-state index in [-0.39, 0.29) is 12.3 Å². The first-order valence-electron chi connectivity index (χ1n) is 10.3. The van der Waals surface area contributed by atoms with Crippen molar-refractivity contribution in [2.45, 2.75) is 11.3 Å². The van der Waals surface area contributed by atoms with Crippen LogP contribution in [0.5, 0.6) is 17.2 Å². The Labute approximate surface area is 188 Å². The van der Waals surface area contributed by atoms with Crippen molar-refractivity contribution in [3.63, 3.8) is 0 Å². The molecular weight excluding hydrogens is 434 g/mol. The Morgan fingerprint density at radius 1 is 0.938 bits per heavy atom. The van der Waals surface area contributed by atoms with Crippen LogP contribution < -0.4 is 19.5 Å². The number of amides is 1. The summed E-state index contributed by atoms with van der Waals surface area (Å²) in [5.74, 6) is 1.21. The van der Waals surface area contributed by atoms with Crippen molar-refractivity contribution >= 4 is 21.6 Å². The highest BCUT2D eigenvalue weighted by Gasteiger charge is 2.28. The maximum absolute atomic E-state index is 12.7. The van der Waals surface area contributed by atoms with Gasteiger partial charge in [0.15, 0.2) is 11.5 Å². The van der Waals surface area contributed by atoms with Crippen LogP contribution in [0.25, 0.3) is 0 Å². The molecule has 0 bridgehead atoms. The minimum absolute atomic E-state index is 0.154. The lowest BCUT2D eigenvalue weighted by Gasteiger charge is -2.33. The quantitative estimate of drug-likeness (QED) is 0.608. The van der Waals surface area contributed by atoms with E-state index in [1.807, 2.05) is 0 Å². The number of carbonyl (C=O) groups is 1. The Balaban J connectivity index is 1.52. The van der Waals surface area contributed by atoms with E-state index in [2.05, 4.69) is 10.2 Å². The van der Waals surface area contributed by atoms with E-state index in [1.165, 1.54) is 25.6 Å². The van der Waals surface area contributed by atoms with Gasteiger partial charge in [-0.1, -0.05) is 18.2 Å². The highest BCUT2D eigenvalue weighted by Crippen LogP contribution is 2.39. The van der Waals surface area contributed by atoms with Gasteiger partial charge in [0.2, 0.25) is 21.7 Å². The molecule has 1 aliphatic heterocycles. The second-order valence-corrected chi connectivity index (χ2v) is 9.21. The minimum atomic E-state index is -3.48. The number of benzene rings is 2. The predicted molar refractivity (Wildman–Crippen MR) is 121 cm³/mol. The van der Waals surface area contributed by atoms with Gasteiger partial charge >= 0.3 is 0 Å². The molecule has 1 amide bonds. The lowest BCUT2D eigenvalue weighted by Crippen LogP contribution is -2.49. The van der Waals surface area contributed by atoms with Crippen molar-refractivity contribution in [1.29, 1.82) is 0 Å². The molecular formula is C22H29N3O6S. The second kappa shape index (κ2) is 10.7. The van der Waals surface area contributed by atoms with Gasteiger partial charge < -0.3 is 24.4 Å². The fraction of sp³-hybridized carbons (Fsp3) is 0.409. The van der Waals surface area contributed by atoms with Gasteiger partial charge in [0.05, 0.1) is 26.2 Å². The summed E-state index contributed by atoms with van der Waals surface area (Å²) in [5.41, 5.74) is 0.545. The number of rotatable bonds is 9. The highest BCUT2D eigenvalue weighted by atomic mass is 32.2. The Hall–Kier alpha value is -2.82. The lowest BCUT2D eigenvalue weighted by molar-refractivity contribution is -0.116. The number of hydrogen-bond acceptors (Lipinski definition) is 7. The topological polar surface area (TPSA) is 97.4 Å². The molecule has 1 heterocycles. The van der Waals surface area contributed by atoms with Crippen molar-refractivity contribution < 1.29 is 27.4 Å². The SMILES string of the molecule is COc1cc(NC(=O)CCN2CCN(S(=O)(=O)c3ccccc3)CC2)cc(OC)c1OC. The number of nitrogens with zero attached hydrogens (tertiary/aromatic N) is 2. The zero-order valence-corrected chi connectivity index (χ0v) is 19.4. The molecule has 32 heavy (non-hydrogen) atoms. The van der Waals surface area contributed by atoms with E-state index in [1.54, 1.807) is 42.5 Å². The van der Waals surface area contributed by atoms with Gasteiger partial charge in [-0.05, 0) is 12.1 Å². The summed E-state index contributed by atoms with van der Waals surface area (Å²) in [7, 11) is 1.06. The third-order valence-corrected chi connectivity index (χ3v) is 7.23. The molecule has 0 radical (unpaired) electrons. The molecule has 3 rings (SSSR count). The van der Waals surface area contributed by atoms with Crippen molar-refractivity contribution in [3.05, 3.63) is 42.5 Å². The first-order valence-corrected chi connectivity index (χ1v) is 11.7. The van der Waals surface area contributed by atoms with Gasteiger partial charge in [-0.15, -0.1) is 0 Å². The van der Waals surface area contributed by atoms with Crippen LogP contribution in [-0.4, -0.2) is 77.6 Å². The summed E-state index contributed by atoms with van der Waals surface area (Å²) >= 11 is 0. The lowest BCUT2D eigenvalue weighted by atomic mass is 10.2. The van der Waals surface area contributed by atoms with Crippen LogP contribution in [0.1, 0.15) is 6.42 Å². The summed E-state index contributed by atoms with van der Waals surface area (Å²) in [6.45, 7) is 2.47. The first-order chi connectivity index (χ1) is 15.4. The van der Waals surface area contributed by atoms with Crippen molar-refractivity contribution in [2.75, 3.05) is 59.4 Å². The average Bonchev–Trinajstić information content (AvgIpc) is 2.82. The molecule has 0 unspecified atom stereocenters. The van der Waals surface area contributed by atoms with Gasteiger partial charge in [0.25, 0.3) is 0 Å². The third kappa shape index (κ3) is 5.50. The molecule has 0 aromatic heterocycles. The summed E-state index contributed by atoms with van der Waals surface area (Å²) < 4.78 is 42.9. The number of anilines is 1. The molecule has 0 atom stereocenters. The van der Waals surface area contributed by atoms with Crippen LogP contribution in [0.3, 0.4) is 0 Å².